The Labute approximate surface area is 175 Å². The third kappa shape index (κ3) is 6.81. The van der Waals surface area contributed by atoms with Crippen molar-refractivity contribution >= 4 is 23.7 Å². The molecule has 1 aliphatic heterocycles. The van der Waals surface area contributed by atoms with E-state index in [0.717, 1.165) is 0 Å². The Morgan fingerprint density at radius 2 is 1.80 bits per heavy atom. The smallest absolute Gasteiger partial charge is 0.410 e. The molecule has 0 aliphatic carbocycles. The van der Waals surface area contributed by atoms with Crippen LogP contribution in [0.15, 0.2) is 36.0 Å². The second-order valence-corrected chi connectivity index (χ2v) is 7.91. The number of amides is 2. The Bertz CT molecular complexity index is 857. The lowest BCUT2D eigenvalue weighted by atomic mass is 10.1. The molecule has 1 saturated heterocycles. The van der Waals surface area contributed by atoms with E-state index in [1.54, 1.807) is 4.90 Å². The summed E-state index contributed by atoms with van der Waals surface area (Å²) < 4.78 is 5.36. The molecule has 30 heavy (non-hydrogen) atoms. The predicted molar refractivity (Wildman–Crippen MR) is 110 cm³/mol. The minimum absolute atomic E-state index is 0.0229. The summed E-state index contributed by atoms with van der Waals surface area (Å²) in [4.78, 5) is 36.9. The summed E-state index contributed by atoms with van der Waals surface area (Å²) in [7, 11) is 0. The average molecular weight is 414 g/mol. The Kier molecular flexibility index (Phi) is 7.42. The van der Waals surface area contributed by atoms with Gasteiger partial charge >= 0.3 is 12.1 Å². The zero-order valence-electron chi connectivity index (χ0n) is 17.3. The number of hydrogen-bond donors (Lipinski definition) is 3. The normalized spacial score (nSPS) is 15.1. The lowest BCUT2D eigenvalue weighted by molar-refractivity contribution is -0.112. The number of nitrogens with one attached hydrogen (secondary N) is 2. The molecule has 2 rings (SSSR count). The van der Waals surface area contributed by atoms with Gasteiger partial charge in [-0.15, -0.1) is 0 Å². The van der Waals surface area contributed by atoms with Crippen LogP contribution in [0.4, 0.5) is 10.5 Å². The van der Waals surface area contributed by atoms with Crippen molar-refractivity contribution in [2.45, 2.75) is 45.3 Å². The molecule has 160 valence electrons. The standard InChI is InChI=1S/C21H26N4O5/c1-21(2,3)30-20(29)25-10-8-16(9-11-25)23-13-15(12-22)18(26)24-17-6-4-14(5-7-17)19(27)28/h4-7,13,16,23H,8-11H2,1-3H3,(H,24,26)(H,27,28)/b15-13-. The number of likely N-dealkylation sites (tertiary alicyclic amines) is 1. The minimum atomic E-state index is -1.06. The van der Waals surface area contributed by atoms with E-state index in [4.69, 9.17) is 9.84 Å². The molecule has 1 heterocycles. The second-order valence-electron chi connectivity index (χ2n) is 7.91. The fourth-order valence-corrected chi connectivity index (χ4v) is 2.80. The van der Waals surface area contributed by atoms with Crippen molar-refractivity contribution in [3.63, 3.8) is 0 Å². The molecule has 0 atom stereocenters. The van der Waals surface area contributed by atoms with Gasteiger partial charge < -0.3 is 25.4 Å². The van der Waals surface area contributed by atoms with E-state index in [9.17, 15) is 19.6 Å². The van der Waals surface area contributed by atoms with Crippen molar-refractivity contribution in [2.24, 2.45) is 0 Å². The Morgan fingerprint density at radius 1 is 1.20 bits per heavy atom. The number of nitriles is 1. The number of carboxylic acid groups (broad SMARTS) is 1. The Morgan fingerprint density at radius 3 is 2.30 bits per heavy atom. The Hall–Kier alpha value is -3.54. The number of ether oxygens (including phenoxy) is 1. The maximum atomic E-state index is 12.3. The largest absolute Gasteiger partial charge is 0.478 e. The number of carbonyl (C=O) groups excluding carboxylic acids is 2. The van der Waals surface area contributed by atoms with Crippen molar-refractivity contribution in [1.82, 2.24) is 10.2 Å². The molecule has 9 heteroatoms. The van der Waals surface area contributed by atoms with Crippen LogP contribution in [0.1, 0.15) is 44.0 Å². The van der Waals surface area contributed by atoms with Crippen molar-refractivity contribution in [3.8, 4) is 6.07 Å². The van der Waals surface area contributed by atoms with Gasteiger partial charge in [-0.3, -0.25) is 4.79 Å². The topological polar surface area (TPSA) is 132 Å². The van der Waals surface area contributed by atoms with Gasteiger partial charge in [0.25, 0.3) is 5.91 Å². The van der Waals surface area contributed by atoms with Gasteiger partial charge in [0.15, 0.2) is 0 Å². The quantitative estimate of drug-likeness (QED) is 0.498. The van der Waals surface area contributed by atoms with Gasteiger partial charge in [-0.2, -0.15) is 5.26 Å². The molecule has 1 aliphatic rings. The molecule has 3 N–H and O–H groups in total. The Balaban J connectivity index is 1.87. The number of piperidine rings is 1. The molecule has 9 nitrogen and oxygen atoms in total. The van der Waals surface area contributed by atoms with E-state index < -0.39 is 17.5 Å². The number of carbonyl (C=O) groups is 3. The van der Waals surface area contributed by atoms with Crippen LogP contribution in [0.25, 0.3) is 0 Å². The van der Waals surface area contributed by atoms with Gasteiger partial charge in [0, 0.05) is 31.0 Å². The molecule has 1 fully saturated rings. The van der Waals surface area contributed by atoms with E-state index in [0.29, 0.717) is 31.6 Å². The highest BCUT2D eigenvalue weighted by atomic mass is 16.6. The van der Waals surface area contributed by atoms with E-state index in [1.165, 1.54) is 30.5 Å². The molecule has 2 amide bonds. The van der Waals surface area contributed by atoms with Crippen LogP contribution in [0, 0.1) is 11.3 Å². The van der Waals surface area contributed by atoms with Gasteiger partial charge in [0.05, 0.1) is 5.56 Å². The van der Waals surface area contributed by atoms with Crippen molar-refractivity contribution in [3.05, 3.63) is 41.6 Å². The van der Waals surface area contributed by atoms with Gasteiger partial charge in [0.1, 0.15) is 17.2 Å². The molecule has 1 aromatic rings. The maximum absolute atomic E-state index is 12.3. The molecule has 0 saturated carbocycles. The number of anilines is 1. The van der Waals surface area contributed by atoms with Crippen molar-refractivity contribution < 1.29 is 24.2 Å². The monoisotopic (exact) mass is 414 g/mol. The number of hydrogen-bond acceptors (Lipinski definition) is 6. The van der Waals surface area contributed by atoms with E-state index in [1.807, 2.05) is 26.8 Å². The number of rotatable bonds is 5. The fourth-order valence-electron chi connectivity index (χ4n) is 2.80. The van der Waals surface area contributed by atoms with Crippen LogP contribution < -0.4 is 10.6 Å². The van der Waals surface area contributed by atoms with E-state index in [2.05, 4.69) is 10.6 Å². The molecular formula is C21H26N4O5. The molecule has 0 aromatic heterocycles. The summed E-state index contributed by atoms with van der Waals surface area (Å²) in [5.74, 6) is -1.66. The molecular weight excluding hydrogens is 388 g/mol. The minimum Gasteiger partial charge on any atom is -0.478 e. The number of aromatic carboxylic acids is 1. The SMILES string of the molecule is CC(C)(C)OC(=O)N1CCC(N/C=C(/C#N)C(=O)Nc2ccc(C(=O)O)cc2)CC1. The molecule has 1 aromatic carbocycles. The highest BCUT2D eigenvalue weighted by molar-refractivity contribution is 6.06. The third-order valence-corrected chi connectivity index (χ3v) is 4.36. The summed E-state index contributed by atoms with van der Waals surface area (Å²) in [5.41, 5.74) is -0.162. The lowest BCUT2D eigenvalue weighted by Gasteiger charge is -2.33. The summed E-state index contributed by atoms with van der Waals surface area (Å²) in [5, 5.41) is 23.8. The first kappa shape index (κ1) is 22.7. The zero-order chi connectivity index (χ0) is 22.3. The maximum Gasteiger partial charge on any atom is 0.410 e. The average Bonchev–Trinajstić information content (AvgIpc) is 2.68. The van der Waals surface area contributed by atoms with Gasteiger partial charge in [-0.05, 0) is 57.9 Å². The van der Waals surface area contributed by atoms with Crippen molar-refractivity contribution in [1.29, 1.82) is 5.26 Å². The first-order valence-electron chi connectivity index (χ1n) is 9.58. The van der Waals surface area contributed by atoms with Crippen LogP contribution in [-0.2, 0) is 9.53 Å². The van der Waals surface area contributed by atoms with Crippen LogP contribution in [-0.4, -0.2) is 52.7 Å². The van der Waals surface area contributed by atoms with Gasteiger partial charge in [-0.25, -0.2) is 9.59 Å². The summed E-state index contributed by atoms with van der Waals surface area (Å²) in [6.45, 7) is 6.49. The first-order chi connectivity index (χ1) is 14.1. The first-order valence-corrected chi connectivity index (χ1v) is 9.58. The number of carboxylic acids is 1. The van der Waals surface area contributed by atoms with Crippen LogP contribution in [0.5, 0.6) is 0 Å². The fraction of sp³-hybridized carbons (Fsp3) is 0.429. The number of benzene rings is 1. The molecule has 0 unspecified atom stereocenters. The summed E-state index contributed by atoms with van der Waals surface area (Å²) >= 11 is 0. The lowest BCUT2D eigenvalue weighted by Crippen LogP contribution is -2.45. The highest BCUT2D eigenvalue weighted by Gasteiger charge is 2.26. The molecule has 0 bridgehead atoms. The molecule has 0 spiro atoms. The highest BCUT2D eigenvalue weighted by Crippen LogP contribution is 2.16. The zero-order valence-corrected chi connectivity index (χ0v) is 17.3. The third-order valence-electron chi connectivity index (χ3n) is 4.36. The summed E-state index contributed by atoms with van der Waals surface area (Å²) in [6, 6.07) is 7.51. The molecule has 0 radical (unpaired) electrons. The van der Waals surface area contributed by atoms with Crippen molar-refractivity contribution in [2.75, 3.05) is 18.4 Å². The van der Waals surface area contributed by atoms with Crippen LogP contribution in [0.2, 0.25) is 0 Å². The second kappa shape index (κ2) is 9.78. The van der Waals surface area contributed by atoms with E-state index in [-0.39, 0.29) is 23.3 Å². The van der Waals surface area contributed by atoms with Crippen LogP contribution in [0.3, 0.4) is 0 Å². The predicted octanol–water partition coefficient (Wildman–Crippen LogP) is 2.72. The number of nitrogens with zero attached hydrogens (tertiary/aromatic N) is 2. The summed E-state index contributed by atoms with van der Waals surface area (Å²) in [6.07, 6.45) is 2.34. The van der Waals surface area contributed by atoms with E-state index >= 15 is 0 Å². The van der Waals surface area contributed by atoms with Gasteiger partial charge in [-0.1, -0.05) is 0 Å². The van der Waals surface area contributed by atoms with Gasteiger partial charge in [0.2, 0.25) is 0 Å². The van der Waals surface area contributed by atoms with Crippen LogP contribution >= 0.6 is 0 Å².